The second kappa shape index (κ2) is 11.6. The fraction of sp³-hybridized carbons (Fsp3) is 0.600. The van der Waals surface area contributed by atoms with Crippen LogP contribution in [0.2, 0.25) is 0 Å². The normalized spacial score (nSPS) is 19.5. The van der Waals surface area contributed by atoms with E-state index in [2.05, 4.69) is 4.98 Å². The Hall–Kier alpha value is -2.69. The van der Waals surface area contributed by atoms with Crippen molar-refractivity contribution in [1.82, 2.24) is 9.88 Å². The minimum absolute atomic E-state index is 0.00647. The van der Waals surface area contributed by atoms with Crippen molar-refractivity contribution in [3.8, 4) is 0 Å². The lowest BCUT2D eigenvalue weighted by Crippen LogP contribution is -2.52. The van der Waals surface area contributed by atoms with Crippen LogP contribution in [0, 0.1) is 12.8 Å². The zero-order valence-electron chi connectivity index (χ0n) is 17.4. The molecule has 0 unspecified atom stereocenters. The molecule has 2 rings (SSSR count). The highest BCUT2D eigenvalue weighted by Gasteiger charge is 2.38. The third-order valence-corrected chi connectivity index (χ3v) is 5.04. The molecule has 1 amide bonds. The van der Waals surface area contributed by atoms with E-state index in [1.165, 1.54) is 0 Å². The first kappa shape index (κ1) is 26.3. The molecule has 8 nitrogen and oxygen atoms in total. The highest BCUT2D eigenvalue weighted by atomic mass is 19.4. The molecule has 0 spiro atoms. The first-order valence-electron chi connectivity index (χ1n) is 9.79. The predicted octanol–water partition coefficient (Wildman–Crippen LogP) is 2.39. The van der Waals surface area contributed by atoms with Crippen molar-refractivity contribution in [3.63, 3.8) is 0 Å². The van der Waals surface area contributed by atoms with E-state index in [-0.39, 0.29) is 24.4 Å². The average Bonchev–Trinajstić information content (AvgIpc) is 2.66. The number of nitrogens with zero attached hydrogens (tertiary/aromatic N) is 2. The van der Waals surface area contributed by atoms with Gasteiger partial charge in [-0.15, -0.1) is 0 Å². The van der Waals surface area contributed by atoms with Gasteiger partial charge in [0.15, 0.2) is 0 Å². The molecule has 174 valence electrons. The number of pyridine rings is 1. The van der Waals surface area contributed by atoms with Crippen molar-refractivity contribution >= 4 is 17.8 Å². The molecule has 1 heterocycles. The van der Waals surface area contributed by atoms with Crippen molar-refractivity contribution in [2.75, 3.05) is 7.05 Å². The summed E-state index contributed by atoms with van der Waals surface area (Å²) in [6, 6.07) is 5.55. The molecule has 1 aromatic rings. The maximum Gasteiger partial charge on any atom is 0.490 e. The first-order valence-corrected chi connectivity index (χ1v) is 9.79. The number of carbonyl (C=O) groups is 3. The number of aryl methyl sites for hydroxylation is 1. The van der Waals surface area contributed by atoms with Crippen LogP contribution in [0.4, 0.5) is 13.2 Å². The molecule has 0 radical (unpaired) electrons. The number of rotatable bonds is 6. The maximum absolute atomic E-state index is 12.9. The Labute approximate surface area is 178 Å². The van der Waals surface area contributed by atoms with Crippen LogP contribution < -0.4 is 5.73 Å². The van der Waals surface area contributed by atoms with E-state index < -0.39 is 24.0 Å². The number of hydrogen-bond donors (Lipinski definition) is 3. The van der Waals surface area contributed by atoms with Gasteiger partial charge in [0.1, 0.15) is 0 Å². The lowest BCUT2D eigenvalue weighted by Gasteiger charge is -2.37. The van der Waals surface area contributed by atoms with Gasteiger partial charge in [0.05, 0.1) is 12.3 Å². The third kappa shape index (κ3) is 8.91. The number of carboxylic acids is 2. The fourth-order valence-corrected chi connectivity index (χ4v) is 3.50. The van der Waals surface area contributed by atoms with E-state index in [1.807, 2.05) is 25.1 Å². The highest BCUT2D eigenvalue weighted by molar-refractivity contribution is 5.83. The molecule has 3 atom stereocenters. The number of halogens is 3. The standard InChI is InChI=1S/C18H27N3O3.C2HF3O2/c1-12-6-5-7-14(20-12)10-13(11-17(22)23)18(24)21(2)16-9-4-3-8-15(16)19;3-2(4,5)1(6)7/h5-7,13,15-16H,3-4,8-11,19H2,1-2H3,(H,22,23);(H,6,7)/t13-,15+,16+;/m1./s1. The molecule has 1 aliphatic rings. The molecule has 31 heavy (non-hydrogen) atoms. The molecular formula is C20H28F3N3O5. The Bertz CT molecular complexity index is 773. The van der Waals surface area contributed by atoms with Gasteiger partial charge in [-0.3, -0.25) is 14.6 Å². The zero-order chi connectivity index (χ0) is 23.8. The number of carboxylic acid groups (broad SMARTS) is 2. The molecule has 0 bridgehead atoms. The quantitative estimate of drug-likeness (QED) is 0.610. The van der Waals surface area contributed by atoms with Crippen LogP contribution >= 0.6 is 0 Å². The summed E-state index contributed by atoms with van der Waals surface area (Å²) in [5.74, 6) is -4.49. The zero-order valence-corrected chi connectivity index (χ0v) is 17.4. The van der Waals surface area contributed by atoms with Crippen molar-refractivity contribution in [1.29, 1.82) is 0 Å². The van der Waals surface area contributed by atoms with Crippen LogP contribution in [-0.2, 0) is 20.8 Å². The summed E-state index contributed by atoms with van der Waals surface area (Å²) >= 11 is 0. The summed E-state index contributed by atoms with van der Waals surface area (Å²) in [5, 5.41) is 16.3. The average molecular weight is 447 g/mol. The number of likely N-dealkylation sites (N-methyl/N-ethyl adjacent to an activating group) is 1. The van der Waals surface area contributed by atoms with Crippen LogP contribution in [0.3, 0.4) is 0 Å². The second-order valence-electron chi connectivity index (χ2n) is 7.54. The van der Waals surface area contributed by atoms with Gasteiger partial charge in [-0.2, -0.15) is 13.2 Å². The molecule has 1 saturated carbocycles. The highest BCUT2D eigenvalue weighted by Crippen LogP contribution is 2.24. The Kier molecular flexibility index (Phi) is 9.89. The molecule has 0 saturated heterocycles. The molecule has 1 aromatic heterocycles. The summed E-state index contributed by atoms with van der Waals surface area (Å²) in [7, 11) is 1.75. The number of hydrogen-bond acceptors (Lipinski definition) is 5. The lowest BCUT2D eigenvalue weighted by molar-refractivity contribution is -0.192. The van der Waals surface area contributed by atoms with Crippen molar-refractivity contribution in [2.45, 2.75) is 63.7 Å². The Morgan fingerprint density at radius 2 is 1.81 bits per heavy atom. The largest absolute Gasteiger partial charge is 0.490 e. The van der Waals surface area contributed by atoms with Gasteiger partial charge in [-0.05, 0) is 31.9 Å². The molecule has 4 N–H and O–H groups in total. The monoisotopic (exact) mass is 447 g/mol. The first-order chi connectivity index (χ1) is 14.3. The van der Waals surface area contributed by atoms with Gasteiger partial charge in [0.2, 0.25) is 5.91 Å². The topological polar surface area (TPSA) is 134 Å². The van der Waals surface area contributed by atoms with E-state index in [0.717, 1.165) is 37.1 Å². The Balaban J connectivity index is 0.000000592. The molecule has 1 fully saturated rings. The summed E-state index contributed by atoms with van der Waals surface area (Å²) < 4.78 is 31.7. The van der Waals surface area contributed by atoms with E-state index in [1.54, 1.807) is 11.9 Å². The second-order valence-corrected chi connectivity index (χ2v) is 7.54. The van der Waals surface area contributed by atoms with Crippen LogP contribution in [0.15, 0.2) is 18.2 Å². The Morgan fingerprint density at radius 1 is 1.23 bits per heavy atom. The fourth-order valence-electron chi connectivity index (χ4n) is 3.50. The van der Waals surface area contributed by atoms with Crippen LogP contribution in [0.1, 0.15) is 43.5 Å². The minimum atomic E-state index is -5.08. The SMILES string of the molecule is Cc1cccc(C[C@H](CC(=O)O)C(=O)N(C)[C@H]2CCCC[C@@H]2N)n1.O=C(O)C(F)(F)F. The van der Waals surface area contributed by atoms with Gasteiger partial charge in [0.25, 0.3) is 0 Å². The minimum Gasteiger partial charge on any atom is -0.481 e. The van der Waals surface area contributed by atoms with Crippen LogP contribution in [-0.4, -0.2) is 63.3 Å². The molecule has 11 heteroatoms. The number of aromatic nitrogens is 1. The number of amides is 1. The van der Waals surface area contributed by atoms with Gasteiger partial charge < -0.3 is 20.8 Å². The molecule has 1 aliphatic carbocycles. The third-order valence-electron chi connectivity index (χ3n) is 5.04. The lowest BCUT2D eigenvalue weighted by atomic mass is 9.88. The summed E-state index contributed by atoms with van der Waals surface area (Å²) in [6.45, 7) is 1.88. The van der Waals surface area contributed by atoms with Crippen molar-refractivity contribution in [3.05, 3.63) is 29.6 Å². The number of nitrogens with two attached hydrogens (primary N) is 1. The van der Waals surface area contributed by atoms with Crippen LogP contribution in [0.5, 0.6) is 0 Å². The van der Waals surface area contributed by atoms with E-state index in [0.29, 0.717) is 6.42 Å². The molecular weight excluding hydrogens is 419 g/mol. The summed E-state index contributed by atoms with van der Waals surface area (Å²) in [6.07, 6.45) is -1.01. The predicted molar refractivity (Wildman–Crippen MR) is 105 cm³/mol. The maximum atomic E-state index is 12.9. The smallest absolute Gasteiger partial charge is 0.481 e. The Morgan fingerprint density at radius 3 is 2.29 bits per heavy atom. The molecule has 0 aromatic carbocycles. The van der Waals surface area contributed by atoms with Gasteiger partial charge in [0, 0.05) is 36.9 Å². The van der Waals surface area contributed by atoms with Gasteiger partial charge >= 0.3 is 18.1 Å². The van der Waals surface area contributed by atoms with E-state index >= 15 is 0 Å². The molecule has 0 aliphatic heterocycles. The number of aliphatic carboxylic acids is 2. The van der Waals surface area contributed by atoms with E-state index in [9.17, 15) is 27.9 Å². The van der Waals surface area contributed by atoms with Gasteiger partial charge in [-0.25, -0.2) is 4.79 Å². The van der Waals surface area contributed by atoms with Crippen molar-refractivity contribution < 1.29 is 37.8 Å². The van der Waals surface area contributed by atoms with E-state index in [4.69, 9.17) is 15.6 Å². The summed E-state index contributed by atoms with van der Waals surface area (Å²) in [5.41, 5.74) is 7.77. The summed E-state index contributed by atoms with van der Waals surface area (Å²) in [4.78, 5) is 39.1. The van der Waals surface area contributed by atoms with Gasteiger partial charge in [-0.1, -0.05) is 18.9 Å². The number of carbonyl (C=O) groups excluding carboxylic acids is 1. The number of alkyl halides is 3. The van der Waals surface area contributed by atoms with Crippen LogP contribution in [0.25, 0.3) is 0 Å². The van der Waals surface area contributed by atoms with Crippen molar-refractivity contribution in [2.24, 2.45) is 11.7 Å².